The zero-order valence-electron chi connectivity index (χ0n) is 7.78. The molecule has 6 heteroatoms. The summed E-state index contributed by atoms with van der Waals surface area (Å²) in [5, 5.41) is 10.7. The number of benzene rings is 1. The van der Waals surface area contributed by atoms with Crippen molar-refractivity contribution in [1.82, 2.24) is 4.98 Å². The van der Waals surface area contributed by atoms with Crippen LogP contribution in [0.15, 0.2) is 28.1 Å². The molecule has 0 amide bonds. The van der Waals surface area contributed by atoms with Crippen molar-refractivity contribution in [2.24, 2.45) is 0 Å². The second-order valence-corrected chi connectivity index (χ2v) is 4.68. The molecule has 1 N–H and O–H groups in total. The summed E-state index contributed by atoms with van der Waals surface area (Å²) in [6, 6.07) is 4.44. The number of halogens is 2. The van der Waals surface area contributed by atoms with E-state index in [-0.39, 0.29) is 11.5 Å². The molecule has 0 aliphatic carbocycles. The summed E-state index contributed by atoms with van der Waals surface area (Å²) in [6.45, 7) is 0. The summed E-state index contributed by atoms with van der Waals surface area (Å²) >= 11 is 4.27. The zero-order chi connectivity index (χ0) is 11.7. The molecule has 3 nitrogen and oxygen atoms in total. The first-order valence-corrected chi connectivity index (χ1v) is 5.89. The third-order valence-corrected chi connectivity index (χ3v) is 3.39. The maximum atomic E-state index is 13.0. The molecule has 1 aromatic carbocycles. The molecular formula is C10H5BrFNO2S. The van der Waals surface area contributed by atoms with Crippen LogP contribution in [-0.2, 0) is 0 Å². The van der Waals surface area contributed by atoms with E-state index in [1.54, 1.807) is 12.1 Å². The van der Waals surface area contributed by atoms with Gasteiger partial charge in [-0.1, -0.05) is 0 Å². The second-order valence-electron chi connectivity index (χ2n) is 2.97. The summed E-state index contributed by atoms with van der Waals surface area (Å²) in [5.74, 6) is -1.43. The van der Waals surface area contributed by atoms with E-state index in [0.717, 1.165) is 0 Å². The maximum Gasteiger partial charge on any atom is 0.355 e. The predicted octanol–water partition coefficient (Wildman–Crippen LogP) is 3.41. The molecule has 0 radical (unpaired) electrons. The standard InChI is InChI=1S/C10H5BrFNO2S/c11-6-3-5(1-2-7(6)12)9-13-8(4-16-9)10(14)15/h1-4H,(H,14,15). The van der Waals surface area contributed by atoms with Crippen LogP contribution >= 0.6 is 27.3 Å². The number of carboxylic acids is 1. The van der Waals surface area contributed by atoms with Gasteiger partial charge in [0.1, 0.15) is 10.8 Å². The number of carbonyl (C=O) groups is 1. The molecule has 0 unspecified atom stereocenters. The van der Waals surface area contributed by atoms with Gasteiger partial charge in [0.15, 0.2) is 5.69 Å². The smallest absolute Gasteiger partial charge is 0.355 e. The minimum atomic E-state index is -1.07. The van der Waals surface area contributed by atoms with E-state index < -0.39 is 5.97 Å². The fraction of sp³-hybridized carbons (Fsp3) is 0. The van der Waals surface area contributed by atoms with Crippen molar-refractivity contribution < 1.29 is 14.3 Å². The Balaban J connectivity index is 2.42. The van der Waals surface area contributed by atoms with Gasteiger partial charge in [0, 0.05) is 10.9 Å². The summed E-state index contributed by atoms with van der Waals surface area (Å²) in [7, 11) is 0. The third kappa shape index (κ3) is 2.12. The van der Waals surface area contributed by atoms with Crippen LogP contribution in [0.2, 0.25) is 0 Å². The van der Waals surface area contributed by atoms with Gasteiger partial charge in [-0.15, -0.1) is 11.3 Å². The molecule has 0 aliphatic rings. The normalized spacial score (nSPS) is 10.4. The Kier molecular flexibility index (Phi) is 3.02. The highest BCUT2D eigenvalue weighted by Gasteiger charge is 2.11. The third-order valence-electron chi connectivity index (χ3n) is 1.89. The van der Waals surface area contributed by atoms with Crippen LogP contribution in [0.5, 0.6) is 0 Å². The SMILES string of the molecule is O=C(O)c1csc(-c2ccc(F)c(Br)c2)n1. The molecule has 16 heavy (non-hydrogen) atoms. The predicted molar refractivity (Wildman–Crippen MR) is 62.2 cm³/mol. The number of hydrogen-bond donors (Lipinski definition) is 1. The summed E-state index contributed by atoms with van der Waals surface area (Å²) in [5.41, 5.74) is 0.686. The molecule has 0 aliphatic heterocycles. The van der Waals surface area contributed by atoms with Gasteiger partial charge in [-0.05, 0) is 34.1 Å². The van der Waals surface area contributed by atoms with Crippen LogP contribution in [0.1, 0.15) is 10.5 Å². The maximum absolute atomic E-state index is 13.0. The van der Waals surface area contributed by atoms with E-state index in [9.17, 15) is 9.18 Å². The lowest BCUT2D eigenvalue weighted by atomic mass is 10.2. The van der Waals surface area contributed by atoms with Crippen LogP contribution in [0.25, 0.3) is 10.6 Å². The van der Waals surface area contributed by atoms with Crippen LogP contribution in [-0.4, -0.2) is 16.1 Å². The molecule has 0 bridgehead atoms. The largest absolute Gasteiger partial charge is 0.476 e. The van der Waals surface area contributed by atoms with Crippen LogP contribution in [0, 0.1) is 5.82 Å². The molecule has 0 saturated heterocycles. The fourth-order valence-electron chi connectivity index (χ4n) is 1.13. The van der Waals surface area contributed by atoms with E-state index in [0.29, 0.717) is 15.0 Å². The average molecular weight is 302 g/mol. The first-order chi connectivity index (χ1) is 7.58. The van der Waals surface area contributed by atoms with E-state index in [4.69, 9.17) is 5.11 Å². The van der Waals surface area contributed by atoms with Gasteiger partial charge >= 0.3 is 5.97 Å². The monoisotopic (exact) mass is 301 g/mol. The molecule has 2 aromatic rings. The number of hydrogen-bond acceptors (Lipinski definition) is 3. The first kappa shape index (κ1) is 11.2. The van der Waals surface area contributed by atoms with Crippen molar-refractivity contribution in [2.45, 2.75) is 0 Å². The van der Waals surface area contributed by atoms with Gasteiger partial charge in [-0.3, -0.25) is 0 Å². The minimum Gasteiger partial charge on any atom is -0.476 e. The summed E-state index contributed by atoms with van der Waals surface area (Å²) < 4.78 is 13.3. The minimum absolute atomic E-state index is 0.000414. The quantitative estimate of drug-likeness (QED) is 0.925. The van der Waals surface area contributed by atoms with Gasteiger partial charge in [-0.2, -0.15) is 0 Å². The Hall–Kier alpha value is -1.27. The average Bonchev–Trinajstić information content (AvgIpc) is 2.71. The number of rotatable bonds is 2. The summed E-state index contributed by atoms with van der Waals surface area (Å²) in [6.07, 6.45) is 0. The molecule has 82 valence electrons. The zero-order valence-corrected chi connectivity index (χ0v) is 10.2. The highest BCUT2D eigenvalue weighted by molar-refractivity contribution is 9.10. The van der Waals surface area contributed by atoms with Crippen molar-refractivity contribution in [2.75, 3.05) is 0 Å². The van der Waals surface area contributed by atoms with E-state index in [1.807, 2.05) is 0 Å². The molecule has 2 rings (SSSR count). The van der Waals surface area contributed by atoms with Crippen LogP contribution < -0.4 is 0 Å². The van der Waals surface area contributed by atoms with Gasteiger partial charge in [-0.25, -0.2) is 14.2 Å². The molecule has 1 heterocycles. The van der Waals surface area contributed by atoms with Crippen molar-refractivity contribution in [3.8, 4) is 10.6 Å². The first-order valence-electron chi connectivity index (χ1n) is 4.22. The van der Waals surface area contributed by atoms with Gasteiger partial charge in [0.25, 0.3) is 0 Å². The highest BCUT2D eigenvalue weighted by Crippen LogP contribution is 2.27. The second kappa shape index (κ2) is 4.31. The number of carboxylic acid groups (broad SMARTS) is 1. The molecule has 0 saturated carbocycles. The summed E-state index contributed by atoms with van der Waals surface area (Å²) in [4.78, 5) is 14.6. The Bertz CT molecular complexity index is 556. The lowest BCUT2D eigenvalue weighted by molar-refractivity contribution is 0.0691. The van der Waals surface area contributed by atoms with Gasteiger partial charge in [0.2, 0.25) is 0 Å². The van der Waals surface area contributed by atoms with E-state index in [1.165, 1.54) is 22.8 Å². The fourth-order valence-corrected chi connectivity index (χ4v) is 2.30. The Morgan fingerprint density at radius 1 is 1.50 bits per heavy atom. The number of nitrogens with zero attached hydrogens (tertiary/aromatic N) is 1. The van der Waals surface area contributed by atoms with Crippen molar-refractivity contribution in [3.63, 3.8) is 0 Å². The van der Waals surface area contributed by atoms with Crippen molar-refractivity contribution >= 4 is 33.2 Å². The molecule has 0 fully saturated rings. The topological polar surface area (TPSA) is 50.2 Å². The number of aromatic nitrogens is 1. The molecule has 1 aromatic heterocycles. The van der Waals surface area contributed by atoms with Gasteiger partial charge < -0.3 is 5.11 Å². The lowest BCUT2D eigenvalue weighted by Gasteiger charge is -1.98. The molecule has 0 spiro atoms. The Morgan fingerprint density at radius 2 is 2.25 bits per heavy atom. The Labute approximate surface area is 103 Å². The van der Waals surface area contributed by atoms with Crippen LogP contribution in [0.3, 0.4) is 0 Å². The van der Waals surface area contributed by atoms with Crippen LogP contribution in [0.4, 0.5) is 4.39 Å². The Morgan fingerprint density at radius 3 is 2.81 bits per heavy atom. The lowest BCUT2D eigenvalue weighted by Crippen LogP contribution is -1.95. The number of aromatic carboxylic acids is 1. The van der Waals surface area contributed by atoms with E-state index in [2.05, 4.69) is 20.9 Å². The van der Waals surface area contributed by atoms with Crippen molar-refractivity contribution in [1.29, 1.82) is 0 Å². The highest BCUT2D eigenvalue weighted by atomic mass is 79.9. The molecular weight excluding hydrogens is 297 g/mol. The van der Waals surface area contributed by atoms with Gasteiger partial charge in [0.05, 0.1) is 4.47 Å². The number of thiazole rings is 1. The molecule has 0 atom stereocenters. The van der Waals surface area contributed by atoms with Crippen molar-refractivity contribution in [3.05, 3.63) is 39.6 Å². The van der Waals surface area contributed by atoms with E-state index >= 15 is 0 Å².